The molecule has 1 aliphatic heterocycles. The van der Waals surface area contributed by atoms with Gasteiger partial charge < -0.3 is 15.8 Å². The van der Waals surface area contributed by atoms with Gasteiger partial charge in [0.25, 0.3) is 5.91 Å². The van der Waals surface area contributed by atoms with Crippen LogP contribution < -0.4 is 5.73 Å². The van der Waals surface area contributed by atoms with E-state index in [1.165, 1.54) is 10.9 Å². The number of rotatable bonds is 1. The summed E-state index contributed by atoms with van der Waals surface area (Å²) >= 11 is 0. The standard InChI is InChI=1S/C16H17N3O2/c1-19-8-16(21,15(17)20)6-11-10-3-2-4-12-14(10)9(7-18-12)5-13(11)19/h2-4,6-7,13,18,21H,5,8H2,1H3,(H2,17,20). The Morgan fingerprint density at radius 1 is 1.52 bits per heavy atom. The van der Waals surface area contributed by atoms with Crippen molar-refractivity contribution in [1.29, 1.82) is 0 Å². The summed E-state index contributed by atoms with van der Waals surface area (Å²) in [6.07, 6.45) is 4.58. The Balaban J connectivity index is 2.00. The van der Waals surface area contributed by atoms with Crippen molar-refractivity contribution in [2.24, 2.45) is 5.73 Å². The van der Waals surface area contributed by atoms with Crippen molar-refractivity contribution in [3.05, 3.63) is 41.6 Å². The summed E-state index contributed by atoms with van der Waals surface area (Å²) in [5.74, 6) is -0.702. The predicted octanol–water partition coefficient (Wildman–Crippen LogP) is 0.638. The second kappa shape index (κ2) is 3.96. The number of fused-ring (bicyclic) bond motifs is 2. The minimum atomic E-state index is -1.60. The van der Waals surface area contributed by atoms with Crippen molar-refractivity contribution >= 4 is 22.4 Å². The Kier molecular flexibility index (Phi) is 2.38. The van der Waals surface area contributed by atoms with Crippen molar-refractivity contribution in [2.45, 2.75) is 18.1 Å². The topological polar surface area (TPSA) is 82.3 Å². The summed E-state index contributed by atoms with van der Waals surface area (Å²) in [6.45, 7) is 0.228. The summed E-state index contributed by atoms with van der Waals surface area (Å²) in [5.41, 5.74) is 8.21. The lowest BCUT2D eigenvalue weighted by Crippen LogP contribution is -2.56. The summed E-state index contributed by atoms with van der Waals surface area (Å²) in [7, 11) is 1.92. The lowest BCUT2D eigenvalue weighted by molar-refractivity contribution is -0.133. The molecule has 2 atom stereocenters. The Labute approximate surface area is 122 Å². The van der Waals surface area contributed by atoms with Gasteiger partial charge in [-0.15, -0.1) is 0 Å². The van der Waals surface area contributed by atoms with E-state index in [9.17, 15) is 9.90 Å². The van der Waals surface area contributed by atoms with Gasteiger partial charge in [0.1, 0.15) is 0 Å². The minimum Gasteiger partial charge on any atom is -0.375 e. The van der Waals surface area contributed by atoms with Crippen molar-refractivity contribution in [2.75, 3.05) is 13.6 Å². The second-order valence-electron chi connectivity index (χ2n) is 6.07. The third kappa shape index (κ3) is 1.61. The predicted molar refractivity (Wildman–Crippen MR) is 80.5 cm³/mol. The maximum atomic E-state index is 11.6. The van der Waals surface area contributed by atoms with Crippen LogP contribution in [0.1, 0.15) is 11.1 Å². The first-order valence-electron chi connectivity index (χ1n) is 7.04. The van der Waals surface area contributed by atoms with Crippen LogP contribution in [0.4, 0.5) is 0 Å². The van der Waals surface area contributed by atoms with Crippen LogP contribution >= 0.6 is 0 Å². The number of aliphatic hydroxyl groups is 1. The fourth-order valence-corrected chi connectivity index (χ4v) is 3.66. The molecule has 1 aromatic heterocycles. The third-order valence-electron chi connectivity index (χ3n) is 4.71. The normalized spacial score (nSPS) is 28.3. The van der Waals surface area contributed by atoms with Gasteiger partial charge in [0.15, 0.2) is 5.60 Å². The van der Waals surface area contributed by atoms with Gasteiger partial charge in [-0.05, 0) is 42.3 Å². The average molecular weight is 283 g/mol. The first-order chi connectivity index (χ1) is 9.99. The number of β-amino-alcohol motifs (C(OH)–C–C–N with tert-alkyl or cyclic N) is 1. The average Bonchev–Trinajstić information content (AvgIpc) is 2.85. The number of aromatic amines is 1. The molecule has 2 aromatic rings. The number of hydrogen-bond acceptors (Lipinski definition) is 3. The smallest absolute Gasteiger partial charge is 0.254 e. The molecule has 2 aliphatic rings. The highest BCUT2D eigenvalue weighted by Crippen LogP contribution is 2.41. The molecule has 1 aliphatic carbocycles. The molecule has 0 radical (unpaired) electrons. The molecule has 0 saturated heterocycles. The lowest BCUT2D eigenvalue weighted by Gasteiger charge is -2.42. The van der Waals surface area contributed by atoms with E-state index >= 15 is 0 Å². The number of nitrogens with two attached hydrogens (primary N) is 1. The molecular weight excluding hydrogens is 266 g/mol. The van der Waals surface area contributed by atoms with Crippen LogP contribution in [-0.2, 0) is 11.2 Å². The molecule has 0 saturated carbocycles. The van der Waals surface area contributed by atoms with Crippen molar-refractivity contribution in [3.63, 3.8) is 0 Å². The van der Waals surface area contributed by atoms with Gasteiger partial charge in [-0.1, -0.05) is 12.1 Å². The summed E-state index contributed by atoms with van der Waals surface area (Å²) in [4.78, 5) is 16.9. The van der Waals surface area contributed by atoms with Gasteiger partial charge in [-0.3, -0.25) is 9.69 Å². The number of hydrogen-bond donors (Lipinski definition) is 3. The molecule has 4 N–H and O–H groups in total. The third-order valence-corrected chi connectivity index (χ3v) is 4.71. The van der Waals surface area contributed by atoms with E-state index in [4.69, 9.17) is 5.73 Å². The number of H-pyrrole nitrogens is 1. The number of aromatic nitrogens is 1. The summed E-state index contributed by atoms with van der Waals surface area (Å²) < 4.78 is 0. The number of amides is 1. The van der Waals surface area contributed by atoms with E-state index < -0.39 is 11.5 Å². The van der Waals surface area contributed by atoms with Gasteiger partial charge in [0.2, 0.25) is 0 Å². The second-order valence-corrected chi connectivity index (χ2v) is 6.07. The number of benzene rings is 1. The molecule has 0 spiro atoms. The van der Waals surface area contributed by atoms with E-state index in [0.717, 1.165) is 23.1 Å². The minimum absolute atomic E-state index is 0.165. The van der Waals surface area contributed by atoms with Crippen molar-refractivity contribution < 1.29 is 9.90 Å². The zero-order chi connectivity index (χ0) is 14.8. The number of primary amides is 1. The first-order valence-corrected chi connectivity index (χ1v) is 7.04. The molecule has 5 heteroatoms. The monoisotopic (exact) mass is 283 g/mol. The van der Waals surface area contributed by atoms with Gasteiger partial charge in [0.05, 0.1) is 0 Å². The van der Waals surface area contributed by atoms with Crippen molar-refractivity contribution in [3.8, 4) is 0 Å². The quantitative estimate of drug-likeness (QED) is 0.718. The van der Waals surface area contributed by atoms with Gasteiger partial charge in [-0.25, -0.2) is 0 Å². The molecule has 0 bridgehead atoms. The SMILES string of the molecule is CN1CC(O)(C(N)=O)C=C2c3cccc4[nH]cc(c34)CC21. The molecule has 5 nitrogen and oxygen atoms in total. The number of carbonyl (C=O) groups excluding carboxylic acids is 1. The summed E-state index contributed by atoms with van der Waals surface area (Å²) in [6, 6.07) is 6.23. The summed E-state index contributed by atoms with van der Waals surface area (Å²) in [5, 5.41) is 11.7. The van der Waals surface area contributed by atoms with Crippen LogP contribution in [0.15, 0.2) is 30.5 Å². The van der Waals surface area contributed by atoms with E-state index in [1.54, 1.807) is 6.08 Å². The maximum Gasteiger partial charge on any atom is 0.254 e. The molecule has 21 heavy (non-hydrogen) atoms. The Morgan fingerprint density at radius 3 is 3.10 bits per heavy atom. The molecule has 1 amide bonds. The highest BCUT2D eigenvalue weighted by Gasteiger charge is 2.42. The number of likely N-dealkylation sites (N-methyl/N-ethyl adjacent to an activating group) is 1. The molecule has 1 aromatic carbocycles. The Hall–Kier alpha value is -2.11. The van der Waals surface area contributed by atoms with Crippen LogP contribution in [0.5, 0.6) is 0 Å². The van der Waals surface area contributed by atoms with Crippen LogP contribution in [-0.4, -0.2) is 46.1 Å². The van der Waals surface area contributed by atoms with Crippen molar-refractivity contribution in [1.82, 2.24) is 9.88 Å². The number of carbonyl (C=O) groups is 1. The van der Waals surface area contributed by atoms with Gasteiger partial charge in [-0.2, -0.15) is 0 Å². The van der Waals surface area contributed by atoms with Gasteiger partial charge >= 0.3 is 0 Å². The zero-order valence-corrected chi connectivity index (χ0v) is 11.8. The molecule has 4 rings (SSSR count). The highest BCUT2D eigenvalue weighted by molar-refractivity contribution is 6.00. The first kappa shape index (κ1) is 12.6. The number of nitrogens with zero attached hydrogens (tertiary/aromatic N) is 1. The highest BCUT2D eigenvalue weighted by atomic mass is 16.3. The fourth-order valence-electron chi connectivity index (χ4n) is 3.66. The van der Waals surface area contributed by atoms with Crippen LogP contribution in [0.3, 0.4) is 0 Å². The van der Waals surface area contributed by atoms with E-state index in [-0.39, 0.29) is 12.6 Å². The van der Waals surface area contributed by atoms with Crippen LogP contribution in [0, 0.1) is 0 Å². The lowest BCUT2D eigenvalue weighted by atomic mass is 9.78. The van der Waals surface area contributed by atoms with E-state index in [2.05, 4.69) is 4.98 Å². The van der Waals surface area contributed by atoms with Crippen LogP contribution in [0.2, 0.25) is 0 Å². The molecule has 2 heterocycles. The largest absolute Gasteiger partial charge is 0.375 e. The Bertz CT molecular complexity index is 792. The fraction of sp³-hybridized carbons (Fsp3) is 0.312. The zero-order valence-electron chi connectivity index (χ0n) is 11.8. The van der Waals surface area contributed by atoms with E-state index in [1.807, 2.05) is 36.3 Å². The molecule has 108 valence electrons. The van der Waals surface area contributed by atoms with Gasteiger partial charge in [0, 0.05) is 29.7 Å². The molecule has 0 fully saturated rings. The molecular formula is C16H17N3O2. The van der Waals surface area contributed by atoms with Crippen LogP contribution in [0.25, 0.3) is 16.5 Å². The molecule has 2 unspecified atom stereocenters. The number of nitrogens with one attached hydrogen (secondary N) is 1. The maximum absolute atomic E-state index is 11.6. The Morgan fingerprint density at radius 2 is 2.33 bits per heavy atom. The van der Waals surface area contributed by atoms with E-state index in [0.29, 0.717) is 0 Å².